The Kier molecular flexibility index (Phi) is 11.8. The van der Waals surface area contributed by atoms with Crippen molar-refractivity contribution in [3.8, 4) is 0 Å². The van der Waals surface area contributed by atoms with Crippen LogP contribution in [0, 0.1) is 5.92 Å². The fraction of sp³-hybridized carbons (Fsp3) is 0.476. The lowest BCUT2D eigenvalue weighted by molar-refractivity contribution is -0.141. The zero-order valence-electron chi connectivity index (χ0n) is 33.2. The third kappa shape index (κ3) is 9.11. The molecule has 1 aliphatic carbocycles. The van der Waals surface area contributed by atoms with Crippen LogP contribution in [-0.4, -0.2) is 91.1 Å². The molecule has 0 radical (unpaired) electrons. The van der Waals surface area contributed by atoms with Gasteiger partial charge in [0.2, 0.25) is 11.8 Å². The number of fused-ring (bicyclic) bond motifs is 2. The summed E-state index contributed by atoms with van der Waals surface area (Å²) in [5.74, 6) is -1.60. The Hall–Kier alpha value is -5.39. The predicted octanol–water partition coefficient (Wildman–Crippen LogP) is 5.74. The number of benzene rings is 2. The van der Waals surface area contributed by atoms with Crippen molar-refractivity contribution in [2.24, 2.45) is 5.92 Å². The number of hydrogen-bond donors (Lipinski definition) is 5. The Morgan fingerprint density at radius 3 is 2.42 bits per heavy atom. The molecule has 0 bridgehead atoms. The molecule has 14 nitrogen and oxygen atoms in total. The van der Waals surface area contributed by atoms with Gasteiger partial charge in [-0.15, -0.1) is 0 Å². The van der Waals surface area contributed by atoms with Gasteiger partial charge < -0.3 is 25.7 Å². The number of halogens is 3. The number of anilines is 2. The van der Waals surface area contributed by atoms with E-state index in [0.29, 0.717) is 34.9 Å². The number of aliphatic hydroxyl groups excluding tert-OH is 1. The maximum Gasteiger partial charge on any atom is 0.433 e. The van der Waals surface area contributed by atoms with Crippen molar-refractivity contribution in [2.45, 2.75) is 95.3 Å². The van der Waals surface area contributed by atoms with E-state index in [1.165, 1.54) is 12.1 Å². The van der Waals surface area contributed by atoms with Gasteiger partial charge in [-0.3, -0.25) is 34.1 Å². The Labute approximate surface area is 339 Å². The highest BCUT2D eigenvalue weighted by Gasteiger charge is 2.45. The first kappa shape index (κ1) is 41.8. The highest BCUT2D eigenvalue weighted by molar-refractivity contribution is 6.25. The Bertz CT molecular complexity index is 2250. The number of imide groups is 2. The minimum Gasteiger partial charge on any atom is -0.386 e. The number of nitrogens with one attached hydrogen (secondary N) is 3. The van der Waals surface area contributed by atoms with Crippen LogP contribution in [0.25, 0.3) is 10.9 Å². The number of piperidine rings is 1. The number of amides is 4. The first-order chi connectivity index (χ1) is 28.0. The topological polar surface area (TPSA) is 182 Å². The van der Waals surface area contributed by atoms with E-state index in [1.54, 1.807) is 44.2 Å². The van der Waals surface area contributed by atoms with Crippen LogP contribution in [0.4, 0.5) is 24.5 Å². The fourth-order valence-electron chi connectivity index (χ4n) is 8.40. The summed E-state index contributed by atoms with van der Waals surface area (Å²) in [6.45, 7) is 5.61. The number of aliphatic hydroxyl groups is 2. The van der Waals surface area contributed by atoms with Gasteiger partial charge in [0, 0.05) is 48.0 Å². The number of hydrogen-bond acceptors (Lipinski definition) is 11. The SMILES string of the molecule is CN(CCCCNc1cccc2c1C(=O)N(C1CCC(=O)NC1=O)C2=O)C[C@H]1CC[C@H](n2cc3cc(NC(O)c4cccc(C(F)(F)F)n4)c(C(C)(C)O)cc3n2)CC1. The molecule has 59 heavy (non-hydrogen) atoms. The van der Waals surface area contributed by atoms with Crippen molar-refractivity contribution in [3.63, 3.8) is 0 Å². The summed E-state index contributed by atoms with van der Waals surface area (Å²) in [5.41, 5.74) is -0.187. The smallest absolute Gasteiger partial charge is 0.386 e. The van der Waals surface area contributed by atoms with Crippen molar-refractivity contribution in [3.05, 3.63) is 82.8 Å². The minimum absolute atomic E-state index is 0.0636. The van der Waals surface area contributed by atoms with Gasteiger partial charge in [0.05, 0.1) is 34.0 Å². The van der Waals surface area contributed by atoms with E-state index in [4.69, 9.17) is 5.10 Å². The number of carbonyl (C=O) groups is 4. The maximum atomic E-state index is 13.4. The second kappa shape index (κ2) is 16.7. The molecule has 2 atom stereocenters. The maximum absolute atomic E-state index is 13.4. The van der Waals surface area contributed by atoms with Crippen LogP contribution in [0.3, 0.4) is 0 Å². The molecular weight excluding hydrogens is 770 g/mol. The number of unbranched alkanes of at least 4 members (excludes halogenated alkanes) is 1. The van der Waals surface area contributed by atoms with Crippen molar-refractivity contribution < 1.29 is 42.6 Å². The molecule has 2 unspecified atom stereocenters. The summed E-state index contributed by atoms with van der Waals surface area (Å²) in [4.78, 5) is 57.5. The summed E-state index contributed by atoms with van der Waals surface area (Å²) in [6, 6.07) is 11.0. The molecule has 17 heteroatoms. The van der Waals surface area contributed by atoms with Crippen LogP contribution in [0.2, 0.25) is 0 Å². The number of carbonyl (C=O) groups excluding carboxylic acids is 4. The van der Waals surface area contributed by atoms with Crippen LogP contribution in [0.1, 0.15) is 115 Å². The van der Waals surface area contributed by atoms with Crippen molar-refractivity contribution in [1.82, 2.24) is 29.9 Å². The molecule has 4 aromatic rings. The van der Waals surface area contributed by atoms with Gasteiger partial charge in [-0.05, 0) is 115 Å². The van der Waals surface area contributed by atoms with Crippen molar-refractivity contribution in [1.29, 1.82) is 0 Å². The van der Waals surface area contributed by atoms with Gasteiger partial charge in [-0.25, -0.2) is 4.98 Å². The highest BCUT2D eigenvalue weighted by atomic mass is 19.4. The zero-order chi connectivity index (χ0) is 42.2. The van der Waals surface area contributed by atoms with Crippen molar-refractivity contribution in [2.75, 3.05) is 37.3 Å². The quantitative estimate of drug-likeness (QED) is 0.0595. The average Bonchev–Trinajstić information content (AvgIpc) is 3.71. The first-order valence-corrected chi connectivity index (χ1v) is 20.0. The molecule has 7 rings (SSSR count). The second-order valence-electron chi connectivity index (χ2n) is 16.4. The van der Waals surface area contributed by atoms with Crippen LogP contribution >= 0.6 is 0 Å². The van der Waals surface area contributed by atoms with E-state index in [2.05, 4.69) is 32.9 Å². The standard InChI is InChI=1S/C42H49F3N8O6/c1-41(2,59)28-21-31-25(20-32(28)48-37(55)30-10-7-11-34(47-30)42(43,44)45)23-52(50-31)26-14-12-24(13-15-26)22-51(3)19-5-4-18-46-29-9-6-8-27-36(29)40(58)53(39(27)57)33-16-17-35(54)49-38(33)56/h6-11,20-21,23-24,26,33,37,46,48,55,59H,4-5,12-19,22H2,1-3H3,(H,49,54,56)/t24-,26-,33?,37?. The summed E-state index contributed by atoms with van der Waals surface area (Å²) in [7, 11) is 2.11. The molecule has 2 aromatic heterocycles. The van der Waals surface area contributed by atoms with Crippen LogP contribution in [0.5, 0.6) is 0 Å². The van der Waals surface area contributed by atoms with E-state index in [1.807, 2.05) is 10.9 Å². The molecule has 1 saturated carbocycles. The lowest BCUT2D eigenvalue weighted by Crippen LogP contribution is -2.54. The first-order valence-electron chi connectivity index (χ1n) is 20.0. The third-order valence-corrected chi connectivity index (χ3v) is 11.5. The van der Waals surface area contributed by atoms with Crippen molar-refractivity contribution >= 4 is 45.9 Å². The molecule has 314 valence electrons. The molecule has 1 saturated heterocycles. The largest absolute Gasteiger partial charge is 0.433 e. The van der Waals surface area contributed by atoms with E-state index in [-0.39, 0.29) is 35.7 Å². The Morgan fingerprint density at radius 2 is 1.71 bits per heavy atom. The lowest BCUT2D eigenvalue weighted by atomic mass is 9.86. The van der Waals surface area contributed by atoms with Gasteiger partial charge in [0.1, 0.15) is 11.7 Å². The molecular formula is C42H49F3N8O6. The lowest BCUT2D eigenvalue weighted by Gasteiger charge is -2.31. The summed E-state index contributed by atoms with van der Waals surface area (Å²) in [5, 5.41) is 35.8. The summed E-state index contributed by atoms with van der Waals surface area (Å²) < 4.78 is 41.8. The molecule has 4 heterocycles. The van der Waals surface area contributed by atoms with Crippen LogP contribution < -0.4 is 16.0 Å². The number of rotatable bonds is 14. The molecule has 2 aliphatic heterocycles. The van der Waals surface area contributed by atoms with Gasteiger partial charge in [0.15, 0.2) is 6.23 Å². The zero-order valence-corrected chi connectivity index (χ0v) is 33.2. The van der Waals surface area contributed by atoms with Gasteiger partial charge in [-0.1, -0.05) is 12.1 Å². The number of aromatic nitrogens is 3. The van der Waals surface area contributed by atoms with E-state index in [0.717, 1.165) is 68.0 Å². The summed E-state index contributed by atoms with van der Waals surface area (Å²) in [6.07, 6.45) is 1.53. The molecule has 2 fully saturated rings. The predicted molar refractivity (Wildman–Crippen MR) is 212 cm³/mol. The highest BCUT2D eigenvalue weighted by Crippen LogP contribution is 2.38. The molecule has 4 amide bonds. The molecule has 5 N–H and O–H groups in total. The van der Waals surface area contributed by atoms with E-state index < -0.39 is 53.4 Å². The van der Waals surface area contributed by atoms with Crippen LogP contribution in [0.15, 0.2) is 54.7 Å². The molecule has 3 aliphatic rings. The van der Waals surface area contributed by atoms with Gasteiger partial charge >= 0.3 is 6.18 Å². The third-order valence-electron chi connectivity index (χ3n) is 11.5. The minimum atomic E-state index is -4.66. The van der Waals surface area contributed by atoms with Gasteiger partial charge in [0.25, 0.3) is 11.8 Å². The summed E-state index contributed by atoms with van der Waals surface area (Å²) >= 11 is 0. The van der Waals surface area contributed by atoms with E-state index >= 15 is 0 Å². The van der Waals surface area contributed by atoms with Gasteiger partial charge in [-0.2, -0.15) is 18.3 Å². The molecule has 2 aromatic carbocycles. The number of nitrogens with zero attached hydrogens (tertiary/aromatic N) is 5. The fourth-order valence-corrected chi connectivity index (χ4v) is 8.40. The Morgan fingerprint density at radius 1 is 0.966 bits per heavy atom. The second-order valence-corrected chi connectivity index (χ2v) is 16.4. The Balaban J connectivity index is 0.887. The average molecular weight is 819 g/mol. The number of pyridine rings is 1. The normalized spacial score (nSPS) is 20.6. The molecule has 0 spiro atoms. The van der Waals surface area contributed by atoms with E-state index in [9.17, 15) is 42.6 Å². The monoisotopic (exact) mass is 818 g/mol. The van der Waals surface area contributed by atoms with Crippen LogP contribution in [-0.2, 0) is 21.4 Å². The number of alkyl halides is 3.